The molecule has 2 saturated carbocycles. The Morgan fingerprint density at radius 2 is 0.948 bits per heavy atom. The van der Waals surface area contributed by atoms with Gasteiger partial charge in [0.25, 0.3) is 0 Å². The van der Waals surface area contributed by atoms with Crippen molar-refractivity contribution in [3.05, 3.63) is 59.7 Å². The molecular weight excluding hydrogens is 737 g/mol. The van der Waals surface area contributed by atoms with Gasteiger partial charge in [0.1, 0.15) is 13.2 Å². The summed E-state index contributed by atoms with van der Waals surface area (Å²) in [5.41, 5.74) is 2.89. The van der Waals surface area contributed by atoms with Crippen LogP contribution in [0.15, 0.2) is 48.5 Å². The number of fused-ring (bicyclic) bond motifs is 4. The molecule has 4 bridgehead atoms. The average Bonchev–Trinajstić information content (AvgIpc) is 3.60. The van der Waals surface area contributed by atoms with E-state index in [1.54, 1.807) is 0 Å². The molecule has 8 heterocycles. The van der Waals surface area contributed by atoms with Crippen molar-refractivity contribution in [3.63, 3.8) is 0 Å². The van der Waals surface area contributed by atoms with E-state index in [0.717, 1.165) is 73.6 Å². The first-order chi connectivity index (χ1) is 28.0. The summed E-state index contributed by atoms with van der Waals surface area (Å²) >= 11 is 0. The monoisotopic (exact) mass is 794 g/mol. The summed E-state index contributed by atoms with van der Waals surface area (Å²) < 4.78 is 38.5. The van der Waals surface area contributed by atoms with Gasteiger partial charge in [0, 0.05) is 47.6 Å². The lowest BCUT2D eigenvalue weighted by atomic mass is 9.58. The van der Waals surface area contributed by atoms with Crippen LogP contribution in [0.1, 0.15) is 104 Å². The third-order valence-corrected chi connectivity index (χ3v) is 15.4. The van der Waals surface area contributed by atoms with E-state index in [1.807, 2.05) is 38.1 Å². The molecule has 2 aromatic rings. The van der Waals surface area contributed by atoms with E-state index in [0.29, 0.717) is 23.7 Å². The fourth-order valence-corrected chi connectivity index (χ4v) is 12.1. The van der Waals surface area contributed by atoms with Crippen LogP contribution in [0.3, 0.4) is 0 Å². The summed E-state index contributed by atoms with van der Waals surface area (Å²) in [6.07, 6.45) is 6.09. The largest absolute Gasteiger partial charge is 0.340 e. The first-order valence-electron chi connectivity index (χ1n) is 21.8. The minimum absolute atomic E-state index is 0.118. The highest BCUT2D eigenvalue weighted by atomic mass is 17.3. The third-order valence-electron chi connectivity index (χ3n) is 15.4. The minimum atomic E-state index is -0.801. The fraction of sp³-hybridized carbons (Fsp3) is 0.667. The van der Waals surface area contributed by atoms with Crippen LogP contribution in [0.25, 0.3) is 11.1 Å². The van der Waals surface area contributed by atoms with E-state index in [4.69, 9.17) is 48.0 Å². The van der Waals surface area contributed by atoms with Crippen molar-refractivity contribution in [2.75, 3.05) is 13.2 Å². The van der Waals surface area contributed by atoms with Crippen LogP contribution in [0.2, 0.25) is 0 Å². The van der Waals surface area contributed by atoms with Crippen LogP contribution in [0.4, 0.5) is 0 Å². The Labute approximate surface area is 343 Å². The zero-order valence-electron chi connectivity index (χ0n) is 34.7. The van der Waals surface area contributed by atoms with E-state index < -0.39 is 47.9 Å². The van der Waals surface area contributed by atoms with Crippen molar-refractivity contribution in [2.24, 2.45) is 47.3 Å². The smallest absolute Gasteiger partial charge is 0.201 e. The third kappa shape index (κ3) is 6.50. The fourth-order valence-electron chi connectivity index (χ4n) is 12.1. The molecule has 10 nitrogen and oxygen atoms in total. The Morgan fingerprint density at radius 3 is 1.36 bits per heavy atom. The Balaban J connectivity index is 0.725. The van der Waals surface area contributed by atoms with Crippen LogP contribution >= 0.6 is 0 Å². The van der Waals surface area contributed by atoms with Gasteiger partial charge < -0.3 is 28.4 Å². The molecule has 2 aromatic carbocycles. The highest BCUT2D eigenvalue weighted by Gasteiger charge is 2.71. The van der Waals surface area contributed by atoms with Gasteiger partial charge >= 0.3 is 0 Å². The van der Waals surface area contributed by atoms with Crippen molar-refractivity contribution < 1.29 is 48.0 Å². The lowest BCUT2D eigenvalue weighted by molar-refractivity contribution is -0.577. The molecule has 2 spiro atoms. The number of rotatable bonds is 5. The van der Waals surface area contributed by atoms with Gasteiger partial charge in [-0.1, -0.05) is 75.6 Å². The molecule has 2 unspecified atom stereocenters. The first kappa shape index (κ1) is 39.3. The van der Waals surface area contributed by atoms with Gasteiger partial charge in [0.2, 0.25) is 11.6 Å². The second-order valence-corrected chi connectivity index (χ2v) is 18.9. The zero-order chi connectivity index (χ0) is 39.9. The van der Waals surface area contributed by atoms with E-state index in [-0.39, 0.29) is 36.9 Å². The molecule has 2 aliphatic carbocycles. The summed E-state index contributed by atoms with van der Waals surface area (Å²) in [5, 5.41) is 0. The van der Waals surface area contributed by atoms with E-state index >= 15 is 0 Å². The maximum Gasteiger partial charge on any atom is 0.201 e. The van der Waals surface area contributed by atoms with Crippen molar-refractivity contribution in [3.8, 4) is 34.8 Å². The lowest BCUT2D eigenvalue weighted by Gasteiger charge is -2.60. The van der Waals surface area contributed by atoms with Gasteiger partial charge in [0.15, 0.2) is 36.4 Å². The second-order valence-electron chi connectivity index (χ2n) is 18.9. The molecular formula is C48H58O10. The molecule has 0 radical (unpaired) electrons. The summed E-state index contributed by atoms with van der Waals surface area (Å²) in [7, 11) is 0. The van der Waals surface area contributed by atoms with Crippen LogP contribution in [0.5, 0.6) is 0 Å². The van der Waals surface area contributed by atoms with Crippen molar-refractivity contribution in [2.45, 2.75) is 141 Å². The molecule has 10 heteroatoms. The summed E-state index contributed by atoms with van der Waals surface area (Å²) in [4.78, 5) is 24.4. The van der Waals surface area contributed by atoms with Gasteiger partial charge in [-0.15, -0.1) is 0 Å². The van der Waals surface area contributed by atoms with Crippen LogP contribution in [-0.4, -0.2) is 61.2 Å². The number of benzene rings is 2. The van der Waals surface area contributed by atoms with Gasteiger partial charge in [0.05, 0.1) is 0 Å². The van der Waals surface area contributed by atoms with E-state index in [2.05, 4.69) is 75.6 Å². The second kappa shape index (κ2) is 15.0. The van der Waals surface area contributed by atoms with Crippen molar-refractivity contribution in [1.29, 1.82) is 0 Å². The Morgan fingerprint density at radius 1 is 0.534 bits per heavy atom. The SMILES string of the molecule is C[C@@H]1CC[C@H]2[C@@H](C)C(OCC#Cc3ccc(-c4ccc(C#CCOC5O[C@@H]6O[C@@]7(C)CC[C@H]8[C@H](C)CC[C@@H]([C@H]5C)[C@@]68OO7)cc4)cc3)O[C@@H]3O[C@@]4(C)CC[C@@H]1[C@]32OO4. The topological polar surface area (TPSA) is 92.3 Å². The molecule has 58 heavy (non-hydrogen) atoms. The lowest BCUT2D eigenvalue weighted by Crippen LogP contribution is -2.70. The molecule has 0 amide bonds. The highest BCUT2D eigenvalue weighted by Crippen LogP contribution is 2.62. The normalized spacial score (nSPS) is 46.0. The zero-order valence-corrected chi connectivity index (χ0v) is 34.7. The molecule has 8 saturated heterocycles. The Bertz CT molecular complexity index is 1820. The molecule has 8 aliphatic heterocycles. The summed E-state index contributed by atoms with van der Waals surface area (Å²) in [5.74, 6) is 13.7. The maximum absolute atomic E-state index is 6.54. The van der Waals surface area contributed by atoms with Crippen LogP contribution in [0, 0.1) is 71.0 Å². The van der Waals surface area contributed by atoms with Crippen molar-refractivity contribution in [1.82, 2.24) is 0 Å². The van der Waals surface area contributed by atoms with Crippen molar-refractivity contribution >= 4 is 0 Å². The first-order valence-corrected chi connectivity index (χ1v) is 21.8. The predicted molar refractivity (Wildman–Crippen MR) is 211 cm³/mol. The molecule has 310 valence electrons. The van der Waals surface area contributed by atoms with E-state index in [9.17, 15) is 0 Å². The standard InChI is InChI=1S/C48H58O10/c1-29-11-21-39-31(3)41(51-43-47(39)37(29)23-25-45(5,53-43)55-57-47)49-27-7-9-33-13-17-35(18-14-33)36-19-15-34(16-20-36)10-8-28-50-42-32(4)40-22-12-30(2)38-24-26-46(6)54-44(52-42)48(38,40)58-56-46/h13-20,29-32,37-44H,11-12,21-28H2,1-6H3/t29-,30-,31-,32-,37+,38+,39+,40+,41?,42?,43-,44-,45-,46-,47-,48-/m1/s1. The molecule has 10 fully saturated rings. The number of hydrogen-bond donors (Lipinski definition) is 0. The molecule has 0 N–H and O–H groups in total. The minimum Gasteiger partial charge on any atom is -0.340 e. The quantitative estimate of drug-likeness (QED) is 0.217. The molecule has 0 aromatic heterocycles. The molecule has 16 atom stereocenters. The number of hydrogen-bond acceptors (Lipinski definition) is 10. The van der Waals surface area contributed by atoms with Gasteiger partial charge in [-0.2, -0.15) is 0 Å². The highest BCUT2D eigenvalue weighted by molar-refractivity contribution is 5.65. The van der Waals surface area contributed by atoms with Gasteiger partial charge in [-0.25, -0.2) is 19.6 Å². The van der Waals surface area contributed by atoms with E-state index in [1.165, 1.54) is 0 Å². The van der Waals surface area contributed by atoms with Crippen LogP contribution in [-0.2, 0) is 48.0 Å². The molecule has 10 aliphatic rings. The number of ether oxygens (including phenoxy) is 6. The van der Waals surface area contributed by atoms with Gasteiger partial charge in [-0.05, 0) is 111 Å². The van der Waals surface area contributed by atoms with Gasteiger partial charge in [-0.3, -0.25) is 0 Å². The Kier molecular flexibility index (Phi) is 10.1. The van der Waals surface area contributed by atoms with Crippen LogP contribution < -0.4 is 0 Å². The maximum atomic E-state index is 6.54. The molecule has 12 rings (SSSR count). The summed E-state index contributed by atoms with van der Waals surface area (Å²) in [6, 6.07) is 16.6. The average molecular weight is 795 g/mol. The Hall–Kier alpha value is -2.84. The summed E-state index contributed by atoms with van der Waals surface area (Å²) in [6.45, 7) is 13.5. The predicted octanol–water partition coefficient (Wildman–Crippen LogP) is 8.51.